The molecule has 0 aromatic carbocycles. The van der Waals surface area contributed by atoms with Gasteiger partial charge in [0.25, 0.3) is 0 Å². The molecule has 0 saturated carbocycles. The number of rotatable bonds is 3. The van der Waals surface area contributed by atoms with Crippen LogP contribution in [0.15, 0.2) is 0 Å². The number of hydrogen-bond acceptors (Lipinski definition) is 2. The van der Waals surface area contributed by atoms with Crippen molar-refractivity contribution >= 4 is 0 Å². The summed E-state index contributed by atoms with van der Waals surface area (Å²) in [5.74, 6) is 0.797. The zero-order valence-electron chi connectivity index (χ0n) is 6.68. The molecule has 1 heterocycles. The Morgan fingerprint density at radius 2 is 2.50 bits per heavy atom. The van der Waals surface area contributed by atoms with E-state index in [0.29, 0.717) is 6.04 Å². The van der Waals surface area contributed by atoms with Crippen LogP contribution in [0.1, 0.15) is 26.2 Å². The van der Waals surface area contributed by atoms with Gasteiger partial charge in [-0.05, 0) is 32.1 Å². The maximum atomic E-state index is 5.63. The SMILES string of the molecule is C[C@H](N)CCC1CCOC1. The van der Waals surface area contributed by atoms with Gasteiger partial charge in [0, 0.05) is 19.3 Å². The van der Waals surface area contributed by atoms with Crippen LogP contribution in [0.4, 0.5) is 0 Å². The van der Waals surface area contributed by atoms with Gasteiger partial charge in [0.05, 0.1) is 0 Å². The first-order valence-electron chi connectivity index (χ1n) is 4.12. The number of nitrogens with two attached hydrogens (primary N) is 1. The van der Waals surface area contributed by atoms with Gasteiger partial charge in [-0.15, -0.1) is 0 Å². The van der Waals surface area contributed by atoms with Gasteiger partial charge in [-0.25, -0.2) is 0 Å². The maximum absolute atomic E-state index is 5.63. The zero-order chi connectivity index (χ0) is 7.40. The summed E-state index contributed by atoms with van der Waals surface area (Å²) in [6.45, 7) is 3.99. The molecule has 0 aromatic heterocycles. The summed E-state index contributed by atoms with van der Waals surface area (Å²) in [6.07, 6.45) is 3.64. The van der Waals surface area contributed by atoms with Crippen LogP contribution < -0.4 is 5.73 Å². The summed E-state index contributed by atoms with van der Waals surface area (Å²) in [4.78, 5) is 0. The minimum atomic E-state index is 0.362. The summed E-state index contributed by atoms with van der Waals surface area (Å²) in [7, 11) is 0. The zero-order valence-corrected chi connectivity index (χ0v) is 6.68. The summed E-state index contributed by atoms with van der Waals surface area (Å²) in [5, 5.41) is 0. The fourth-order valence-corrected chi connectivity index (χ4v) is 1.31. The lowest BCUT2D eigenvalue weighted by Crippen LogP contribution is -2.16. The van der Waals surface area contributed by atoms with Crippen molar-refractivity contribution in [1.82, 2.24) is 0 Å². The average Bonchev–Trinajstić information content (AvgIpc) is 2.34. The third kappa shape index (κ3) is 2.67. The predicted octanol–water partition coefficient (Wildman–Crippen LogP) is 1.15. The molecule has 0 bridgehead atoms. The number of hydrogen-bond donors (Lipinski definition) is 1. The van der Waals surface area contributed by atoms with Crippen molar-refractivity contribution in [2.24, 2.45) is 11.7 Å². The largest absolute Gasteiger partial charge is 0.381 e. The fourth-order valence-electron chi connectivity index (χ4n) is 1.31. The van der Waals surface area contributed by atoms with E-state index in [1.165, 1.54) is 12.8 Å². The Morgan fingerprint density at radius 1 is 1.70 bits per heavy atom. The Bertz CT molecular complexity index is 87.3. The Balaban J connectivity index is 2.01. The molecular formula is C8H17NO. The fraction of sp³-hybridized carbons (Fsp3) is 1.00. The lowest BCUT2D eigenvalue weighted by atomic mass is 10.0. The van der Waals surface area contributed by atoms with Gasteiger partial charge in [-0.1, -0.05) is 0 Å². The molecule has 1 saturated heterocycles. The first-order valence-corrected chi connectivity index (χ1v) is 4.12. The van der Waals surface area contributed by atoms with Gasteiger partial charge in [-0.3, -0.25) is 0 Å². The minimum absolute atomic E-state index is 0.362. The van der Waals surface area contributed by atoms with Crippen LogP contribution in [0.25, 0.3) is 0 Å². The van der Waals surface area contributed by atoms with Crippen LogP contribution in [-0.4, -0.2) is 19.3 Å². The molecule has 2 N–H and O–H groups in total. The standard InChI is InChI=1S/C8H17NO/c1-7(9)2-3-8-4-5-10-6-8/h7-8H,2-6,9H2,1H3/t7-,8?/m0/s1. The van der Waals surface area contributed by atoms with Gasteiger partial charge >= 0.3 is 0 Å². The molecule has 0 spiro atoms. The van der Waals surface area contributed by atoms with E-state index in [0.717, 1.165) is 25.6 Å². The van der Waals surface area contributed by atoms with Crippen molar-refractivity contribution < 1.29 is 4.74 Å². The molecule has 1 fully saturated rings. The van der Waals surface area contributed by atoms with E-state index in [2.05, 4.69) is 6.92 Å². The van der Waals surface area contributed by atoms with E-state index in [1.807, 2.05) is 0 Å². The van der Waals surface area contributed by atoms with Crippen molar-refractivity contribution in [2.75, 3.05) is 13.2 Å². The molecule has 1 unspecified atom stereocenters. The van der Waals surface area contributed by atoms with Gasteiger partial charge in [0.15, 0.2) is 0 Å². The van der Waals surface area contributed by atoms with Gasteiger partial charge < -0.3 is 10.5 Å². The molecule has 0 aromatic rings. The van der Waals surface area contributed by atoms with Crippen LogP contribution in [0, 0.1) is 5.92 Å². The quantitative estimate of drug-likeness (QED) is 0.643. The summed E-state index contributed by atoms with van der Waals surface area (Å²) in [6, 6.07) is 0.362. The molecule has 2 atom stereocenters. The lowest BCUT2D eigenvalue weighted by Gasteiger charge is -2.08. The molecular weight excluding hydrogens is 126 g/mol. The highest BCUT2D eigenvalue weighted by Gasteiger charge is 2.15. The van der Waals surface area contributed by atoms with Crippen molar-refractivity contribution in [1.29, 1.82) is 0 Å². The van der Waals surface area contributed by atoms with Crippen LogP contribution in [0.3, 0.4) is 0 Å². The summed E-state index contributed by atoms with van der Waals surface area (Å²) >= 11 is 0. The molecule has 60 valence electrons. The molecule has 1 rings (SSSR count). The Hall–Kier alpha value is -0.0800. The van der Waals surface area contributed by atoms with E-state index in [9.17, 15) is 0 Å². The van der Waals surface area contributed by atoms with Crippen molar-refractivity contribution in [3.05, 3.63) is 0 Å². The summed E-state index contributed by atoms with van der Waals surface area (Å²) < 4.78 is 5.25. The van der Waals surface area contributed by atoms with Crippen molar-refractivity contribution in [3.63, 3.8) is 0 Å². The summed E-state index contributed by atoms with van der Waals surface area (Å²) in [5.41, 5.74) is 5.63. The lowest BCUT2D eigenvalue weighted by molar-refractivity contribution is 0.183. The highest BCUT2D eigenvalue weighted by atomic mass is 16.5. The Morgan fingerprint density at radius 3 is 3.00 bits per heavy atom. The molecule has 0 aliphatic carbocycles. The molecule has 2 nitrogen and oxygen atoms in total. The minimum Gasteiger partial charge on any atom is -0.381 e. The molecule has 10 heavy (non-hydrogen) atoms. The van der Waals surface area contributed by atoms with Crippen LogP contribution in [0.2, 0.25) is 0 Å². The Kier molecular flexibility index (Phi) is 3.16. The van der Waals surface area contributed by atoms with Crippen LogP contribution in [0.5, 0.6) is 0 Å². The van der Waals surface area contributed by atoms with Crippen LogP contribution in [-0.2, 0) is 4.74 Å². The van der Waals surface area contributed by atoms with E-state index in [1.54, 1.807) is 0 Å². The monoisotopic (exact) mass is 143 g/mol. The van der Waals surface area contributed by atoms with Crippen molar-refractivity contribution in [3.8, 4) is 0 Å². The molecule has 1 aliphatic heterocycles. The van der Waals surface area contributed by atoms with Gasteiger partial charge in [0.2, 0.25) is 0 Å². The van der Waals surface area contributed by atoms with Crippen molar-refractivity contribution in [2.45, 2.75) is 32.2 Å². The average molecular weight is 143 g/mol. The third-order valence-corrected chi connectivity index (χ3v) is 2.05. The van der Waals surface area contributed by atoms with E-state index in [4.69, 9.17) is 10.5 Å². The normalized spacial score (nSPS) is 28.8. The smallest absolute Gasteiger partial charge is 0.0495 e. The highest BCUT2D eigenvalue weighted by molar-refractivity contribution is 4.66. The Labute approximate surface area is 62.7 Å². The first kappa shape index (κ1) is 8.02. The van der Waals surface area contributed by atoms with E-state index in [-0.39, 0.29) is 0 Å². The second-order valence-electron chi connectivity index (χ2n) is 3.28. The maximum Gasteiger partial charge on any atom is 0.0495 e. The predicted molar refractivity (Wildman–Crippen MR) is 41.8 cm³/mol. The van der Waals surface area contributed by atoms with Gasteiger partial charge in [-0.2, -0.15) is 0 Å². The second kappa shape index (κ2) is 3.94. The first-order chi connectivity index (χ1) is 4.79. The number of ether oxygens (including phenoxy) is 1. The van der Waals surface area contributed by atoms with Gasteiger partial charge in [0.1, 0.15) is 0 Å². The van der Waals surface area contributed by atoms with E-state index < -0.39 is 0 Å². The molecule has 2 heteroatoms. The highest BCUT2D eigenvalue weighted by Crippen LogP contribution is 2.18. The van der Waals surface area contributed by atoms with E-state index >= 15 is 0 Å². The molecule has 1 aliphatic rings. The third-order valence-electron chi connectivity index (χ3n) is 2.05. The second-order valence-corrected chi connectivity index (χ2v) is 3.28. The topological polar surface area (TPSA) is 35.2 Å². The molecule has 0 radical (unpaired) electrons. The molecule has 0 amide bonds. The van der Waals surface area contributed by atoms with Crippen LogP contribution >= 0.6 is 0 Å².